The summed E-state index contributed by atoms with van der Waals surface area (Å²) in [5.74, 6) is 0. The van der Waals surface area contributed by atoms with Crippen LogP contribution in [-0.4, -0.2) is 14.4 Å². The lowest BCUT2D eigenvalue weighted by atomic mass is 9.97. The van der Waals surface area contributed by atoms with Crippen molar-refractivity contribution in [2.75, 3.05) is 0 Å². The number of nitrogens with zero attached hydrogens (tertiary/aromatic N) is 3. The standard InChI is InChI=1S/C55H34N3OP/c59-60(40-15-2-1-3-16-40,54-46-20-10-8-18-43(46)44-19-9-11-21-47(44)54)41-28-39-23-22-37(30-50(39)56-33-41)38-25-27-49-52(32-38)58-51-31-36-14-5-4-13-35(36)29-48(51)45-26-24-34-12-6-7-17-42(34)53(45)55(58)57-49/h1-33,54H. The van der Waals surface area contributed by atoms with Gasteiger partial charge in [0.2, 0.25) is 0 Å². The van der Waals surface area contributed by atoms with Crippen LogP contribution in [0.5, 0.6) is 0 Å². The maximum atomic E-state index is 16.2. The zero-order valence-electron chi connectivity index (χ0n) is 32.3. The summed E-state index contributed by atoms with van der Waals surface area (Å²) in [5.41, 5.74) is 11.3. The molecule has 12 aromatic rings. The largest absolute Gasteiger partial charge is 0.313 e. The molecule has 0 bridgehead atoms. The third-order valence-corrected chi connectivity index (χ3v) is 16.3. The van der Waals surface area contributed by atoms with Crippen molar-refractivity contribution in [1.29, 1.82) is 0 Å². The summed E-state index contributed by atoms with van der Waals surface area (Å²) in [6.07, 6.45) is 1.86. The monoisotopic (exact) mass is 783 g/mol. The molecule has 4 nitrogen and oxygen atoms in total. The Hall–Kier alpha value is -7.39. The first-order valence-corrected chi connectivity index (χ1v) is 22.2. The van der Waals surface area contributed by atoms with Gasteiger partial charge < -0.3 is 4.57 Å². The third kappa shape index (κ3) is 4.71. The first kappa shape index (κ1) is 33.6. The summed E-state index contributed by atoms with van der Waals surface area (Å²) >= 11 is 0. The minimum absolute atomic E-state index is 0.313. The van der Waals surface area contributed by atoms with E-state index in [1.165, 1.54) is 32.3 Å². The van der Waals surface area contributed by atoms with Gasteiger partial charge in [0.1, 0.15) is 5.65 Å². The quantitative estimate of drug-likeness (QED) is 0.101. The Morgan fingerprint density at radius 2 is 1.10 bits per heavy atom. The number of fused-ring (bicyclic) bond motifs is 15. The molecule has 3 heterocycles. The Morgan fingerprint density at radius 3 is 1.90 bits per heavy atom. The van der Waals surface area contributed by atoms with Crippen LogP contribution < -0.4 is 10.6 Å². The van der Waals surface area contributed by atoms with Crippen LogP contribution in [-0.2, 0) is 4.57 Å². The lowest BCUT2D eigenvalue weighted by Gasteiger charge is -2.27. The fraction of sp³-hybridized carbons (Fsp3) is 0.0182. The van der Waals surface area contributed by atoms with Crippen LogP contribution in [0.25, 0.3) is 93.1 Å². The molecule has 0 saturated heterocycles. The fourth-order valence-corrected chi connectivity index (χ4v) is 13.4. The van der Waals surface area contributed by atoms with Crippen LogP contribution in [0.15, 0.2) is 200 Å². The summed E-state index contributed by atoms with van der Waals surface area (Å²) in [4.78, 5) is 10.4. The van der Waals surface area contributed by atoms with Gasteiger partial charge in [0.05, 0.1) is 27.7 Å². The zero-order valence-corrected chi connectivity index (χ0v) is 33.2. The molecule has 0 fully saturated rings. The molecule has 0 spiro atoms. The van der Waals surface area contributed by atoms with Gasteiger partial charge in [-0.3, -0.25) is 9.38 Å². The Labute approximate surface area is 345 Å². The first-order chi connectivity index (χ1) is 29.6. The van der Waals surface area contributed by atoms with Crippen molar-refractivity contribution in [3.63, 3.8) is 0 Å². The van der Waals surface area contributed by atoms with E-state index in [-0.39, 0.29) is 5.66 Å². The number of rotatable bonds is 4. The molecule has 9 aromatic carbocycles. The molecule has 0 N–H and O–H groups in total. The Kier molecular flexibility index (Phi) is 7.02. The molecule has 1 aliphatic rings. The van der Waals surface area contributed by atoms with Gasteiger partial charge in [-0.2, -0.15) is 0 Å². The number of hydrogen-bond acceptors (Lipinski definition) is 3. The lowest BCUT2D eigenvalue weighted by Crippen LogP contribution is -2.21. The second kappa shape index (κ2) is 12.6. The normalized spacial score (nSPS) is 13.8. The van der Waals surface area contributed by atoms with E-state index in [9.17, 15) is 0 Å². The van der Waals surface area contributed by atoms with Gasteiger partial charge in [0.15, 0.2) is 7.14 Å². The van der Waals surface area contributed by atoms with Gasteiger partial charge >= 0.3 is 0 Å². The smallest absolute Gasteiger partial charge is 0.156 e. The number of imidazole rings is 1. The van der Waals surface area contributed by atoms with Crippen molar-refractivity contribution in [2.24, 2.45) is 0 Å². The third-order valence-electron chi connectivity index (χ3n) is 12.9. The second-order valence-electron chi connectivity index (χ2n) is 16.1. The molecule has 1 unspecified atom stereocenters. The van der Waals surface area contributed by atoms with Gasteiger partial charge in [-0.1, -0.05) is 158 Å². The van der Waals surface area contributed by atoms with Crippen molar-refractivity contribution in [1.82, 2.24) is 14.4 Å². The van der Waals surface area contributed by atoms with E-state index in [0.717, 1.165) is 82.5 Å². The van der Waals surface area contributed by atoms with E-state index < -0.39 is 7.14 Å². The molecular formula is C55H34N3OP. The van der Waals surface area contributed by atoms with Crippen molar-refractivity contribution in [2.45, 2.75) is 5.66 Å². The lowest BCUT2D eigenvalue weighted by molar-refractivity contribution is 0.583. The molecule has 3 aromatic heterocycles. The van der Waals surface area contributed by atoms with Crippen molar-refractivity contribution in [3.05, 3.63) is 211 Å². The van der Waals surface area contributed by atoms with Crippen LogP contribution in [0.3, 0.4) is 0 Å². The molecule has 1 aliphatic carbocycles. The average molecular weight is 784 g/mol. The number of aromatic nitrogens is 3. The number of benzene rings is 9. The maximum Gasteiger partial charge on any atom is 0.156 e. The summed E-state index contributed by atoms with van der Waals surface area (Å²) in [6, 6.07) is 68.4. The zero-order chi connectivity index (χ0) is 39.5. The van der Waals surface area contributed by atoms with Gasteiger partial charge in [-0.05, 0) is 96.7 Å². The van der Waals surface area contributed by atoms with E-state index in [0.29, 0.717) is 0 Å². The molecule has 5 heteroatoms. The molecule has 0 radical (unpaired) electrons. The highest BCUT2D eigenvalue weighted by atomic mass is 31.2. The van der Waals surface area contributed by atoms with E-state index in [1.807, 2.05) is 36.5 Å². The van der Waals surface area contributed by atoms with Crippen molar-refractivity contribution < 1.29 is 4.57 Å². The Morgan fingerprint density at radius 1 is 0.450 bits per heavy atom. The summed E-state index contributed by atoms with van der Waals surface area (Å²) in [6.45, 7) is 0. The predicted molar refractivity (Wildman–Crippen MR) is 250 cm³/mol. The topological polar surface area (TPSA) is 47.3 Å². The second-order valence-corrected chi connectivity index (χ2v) is 18.9. The van der Waals surface area contributed by atoms with Gasteiger partial charge in [0, 0.05) is 33.0 Å². The summed E-state index contributed by atoms with van der Waals surface area (Å²) in [5, 5.41) is 10.9. The summed E-state index contributed by atoms with van der Waals surface area (Å²) < 4.78 is 18.5. The molecule has 0 amide bonds. The van der Waals surface area contributed by atoms with Crippen LogP contribution in [0.4, 0.5) is 0 Å². The predicted octanol–water partition coefficient (Wildman–Crippen LogP) is 13.4. The molecular weight excluding hydrogens is 750 g/mol. The van der Waals surface area contributed by atoms with Crippen molar-refractivity contribution >= 4 is 88.6 Å². The molecule has 0 saturated carbocycles. The van der Waals surface area contributed by atoms with E-state index in [1.54, 1.807) is 0 Å². The van der Waals surface area contributed by atoms with E-state index in [2.05, 4.69) is 168 Å². The van der Waals surface area contributed by atoms with Gasteiger partial charge in [-0.25, -0.2) is 4.98 Å². The van der Waals surface area contributed by atoms with Gasteiger partial charge in [0.25, 0.3) is 0 Å². The van der Waals surface area contributed by atoms with Crippen LogP contribution in [0.2, 0.25) is 0 Å². The van der Waals surface area contributed by atoms with Gasteiger partial charge in [-0.15, -0.1) is 0 Å². The molecule has 280 valence electrons. The van der Waals surface area contributed by atoms with Crippen LogP contribution >= 0.6 is 7.14 Å². The molecule has 0 aliphatic heterocycles. The minimum atomic E-state index is -3.30. The van der Waals surface area contributed by atoms with Crippen molar-refractivity contribution in [3.8, 4) is 22.3 Å². The van der Waals surface area contributed by atoms with E-state index in [4.69, 9.17) is 9.97 Å². The van der Waals surface area contributed by atoms with Crippen LogP contribution in [0, 0.1) is 0 Å². The number of hydrogen-bond donors (Lipinski definition) is 0. The summed E-state index contributed by atoms with van der Waals surface area (Å²) in [7, 11) is -3.30. The highest BCUT2D eigenvalue weighted by molar-refractivity contribution is 7.79. The Balaban J connectivity index is 0.990. The minimum Gasteiger partial charge on any atom is -0.313 e. The fourth-order valence-electron chi connectivity index (χ4n) is 10.1. The SMILES string of the molecule is O=P(c1ccccc1)(c1cnc2cc(-c3ccc4nc5c6c7ccccc7ccc6c6cc7ccccc7cc6n5c4c3)ccc2c1)C1c2ccccc2-c2ccccc21. The highest BCUT2D eigenvalue weighted by Crippen LogP contribution is 2.65. The average Bonchev–Trinajstić information content (AvgIpc) is 3.87. The highest BCUT2D eigenvalue weighted by Gasteiger charge is 2.44. The number of pyridine rings is 2. The first-order valence-electron chi connectivity index (χ1n) is 20.4. The Bertz CT molecular complexity index is 3790. The van der Waals surface area contributed by atoms with E-state index >= 15 is 4.57 Å². The molecule has 60 heavy (non-hydrogen) atoms. The molecule has 13 rings (SSSR count). The molecule has 1 atom stereocenters. The maximum absolute atomic E-state index is 16.2. The van der Waals surface area contributed by atoms with Crippen LogP contribution in [0.1, 0.15) is 16.8 Å².